The molecule has 0 aliphatic heterocycles. The van der Waals surface area contributed by atoms with Crippen molar-refractivity contribution in [3.63, 3.8) is 0 Å². The van der Waals surface area contributed by atoms with Crippen LogP contribution in [0, 0.1) is 0 Å². The van der Waals surface area contributed by atoms with Crippen LogP contribution in [0.5, 0.6) is 0 Å². The number of amides is 1. The van der Waals surface area contributed by atoms with E-state index in [1.165, 1.54) is 32.3 Å². The number of benzene rings is 2. The number of oxazole rings is 1. The van der Waals surface area contributed by atoms with Crippen LogP contribution in [0.2, 0.25) is 5.02 Å². The van der Waals surface area contributed by atoms with Gasteiger partial charge in [-0.3, -0.25) is 4.79 Å². The van der Waals surface area contributed by atoms with E-state index in [2.05, 4.69) is 10.3 Å². The molecule has 0 aliphatic rings. The SMILES string of the molecule is CC(C)c1nc2cc(NC(=O)c3cc(S(=O)(=O)N(C)C)ccc3Cl)ccc2o1. The van der Waals surface area contributed by atoms with Crippen molar-refractivity contribution in [1.82, 2.24) is 9.29 Å². The van der Waals surface area contributed by atoms with Gasteiger partial charge in [0, 0.05) is 25.7 Å². The number of fused-ring (bicyclic) bond motifs is 1. The summed E-state index contributed by atoms with van der Waals surface area (Å²) >= 11 is 6.12. The molecule has 0 bridgehead atoms. The summed E-state index contributed by atoms with van der Waals surface area (Å²) in [5, 5.41) is 2.88. The Morgan fingerprint density at radius 1 is 1.18 bits per heavy atom. The van der Waals surface area contributed by atoms with Crippen molar-refractivity contribution < 1.29 is 17.6 Å². The minimum absolute atomic E-state index is 0.0134. The molecule has 1 amide bonds. The molecule has 28 heavy (non-hydrogen) atoms. The van der Waals surface area contributed by atoms with Crippen LogP contribution in [-0.4, -0.2) is 37.7 Å². The van der Waals surface area contributed by atoms with Gasteiger partial charge < -0.3 is 9.73 Å². The van der Waals surface area contributed by atoms with Gasteiger partial charge in [0.1, 0.15) is 5.52 Å². The molecule has 1 heterocycles. The summed E-state index contributed by atoms with van der Waals surface area (Å²) < 4.78 is 31.3. The molecule has 148 valence electrons. The molecule has 0 unspecified atom stereocenters. The number of carbonyl (C=O) groups is 1. The zero-order valence-electron chi connectivity index (χ0n) is 15.9. The molecule has 0 saturated carbocycles. The van der Waals surface area contributed by atoms with Crippen LogP contribution in [0.1, 0.15) is 36.0 Å². The summed E-state index contributed by atoms with van der Waals surface area (Å²) in [6.45, 7) is 3.95. The second kappa shape index (κ2) is 7.54. The first-order valence-electron chi connectivity index (χ1n) is 8.53. The van der Waals surface area contributed by atoms with E-state index in [9.17, 15) is 13.2 Å². The van der Waals surface area contributed by atoms with Crippen LogP contribution < -0.4 is 5.32 Å². The molecule has 7 nitrogen and oxygen atoms in total. The molecule has 0 saturated heterocycles. The highest BCUT2D eigenvalue weighted by Crippen LogP contribution is 2.26. The Balaban J connectivity index is 1.91. The van der Waals surface area contributed by atoms with Crippen LogP contribution in [0.4, 0.5) is 5.69 Å². The Kier molecular flexibility index (Phi) is 5.47. The number of aromatic nitrogens is 1. The summed E-state index contributed by atoms with van der Waals surface area (Å²) in [7, 11) is -0.847. The van der Waals surface area contributed by atoms with Crippen molar-refractivity contribution in [2.75, 3.05) is 19.4 Å². The van der Waals surface area contributed by atoms with E-state index < -0.39 is 15.9 Å². The zero-order chi connectivity index (χ0) is 20.6. The number of nitrogens with zero attached hydrogens (tertiary/aromatic N) is 2. The number of rotatable bonds is 5. The molecule has 9 heteroatoms. The van der Waals surface area contributed by atoms with Gasteiger partial charge >= 0.3 is 0 Å². The lowest BCUT2D eigenvalue weighted by Gasteiger charge is -2.13. The third-order valence-corrected chi connectivity index (χ3v) is 6.26. The lowest BCUT2D eigenvalue weighted by molar-refractivity contribution is 0.102. The molecule has 0 atom stereocenters. The Morgan fingerprint density at radius 2 is 1.89 bits per heavy atom. The minimum atomic E-state index is -3.68. The van der Waals surface area contributed by atoms with Crippen molar-refractivity contribution in [3.05, 3.63) is 52.9 Å². The van der Waals surface area contributed by atoms with Crippen LogP contribution in [0.3, 0.4) is 0 Å². The molecule has 1 aromatic heterocycles. The fraction of sp³-hybridized carbons (Fsp3) is 0.263. The Hall–Kier alpha value is -2.42. The van der Waals surface area contributed by atoms with E-state index >= 15 is 0 Å². The van der Waals surface area contributed by atoms with Gasteiger partial charge in [-0.05, 0) is 36.4 Å². The van der Waals surface area contributed by atoms with Crippen molar-refractivity contribution >= 4 is 44.3 Å². The molecule has 2 aromatic carbocycles. The highest BCUT2D eigenvalue weighted by atomic mass is 35.5. The van der Waals surface area contributed by atoms with Gasteiger partial charge in [0.15, 0.2) is 11.5 Å². The van der Waals surface area contributed by atoms with Crippen molar-refractivity contribution in [2.45, 2.75) is 24.7 Å². The maximum Gasteiger partial charge on any atom is 0.257 e. The summed E-state index contributed by atoms with van der Waals surface area (Å²) in [5.74, 6) is 0.237. The van der Waals surface area contributed by atoms with Crippen LogP contribution in [-0.2, 0) is 10.0 Å². The number of nitrogens with one attached hydrogen (secondary N) is 1. The van der Waals surface area contributed by atoms with Gasteiger partial charge in [-0.15, -0.1) is 0 Å². The van der Waals surface area contributed by atoms with Gasteiger partial charge in [0.05, 0.1) is 15.5 Å². The largest absolute Gasteiger partial charge is 0.440 e. The van der Waals surface area contributed by atoms with Gasteiger partial charge in [0.25, 0.3) is 5.91 Å². The lowest BCUT2D eigenvalue weighted by atomic mass is 10.2. The molecule has 3 rings (SSSR count). The molecule has 0 radical (unpaired) electrons. The average molecular weight is 422 g/mol. The summed E-state index contributed by atoms with van der Waals surface area (Å²) in [5.41, 5.74) is 1.81. The first kappa shape index (κ1) is 20.3. The van der Waals surface area contributed by atoms with Crippen molar-refractivity contribution in [2.24, 2.45) is 0 Å². The maximum absolute atomic E-state index is 12.7. The number of anilines is 1. The molecule has 3 aromatic rings. The van der Waals surface area contributed by atoms with Gasteiger partial charge in [-0.1, -0.05) is 25.4 Å². The second-order valence-electron chi connectivity index (χ2n) is 6.77. The summed E-state index contributed by atoms with van der Waals surface area (Å²) in [6.07, 6.45) is 0. The molecular weight excluding hydrogens is 402 g/mol. The highest BCUT2D eigenvalue weighted by Gasteiger charge is 2.21. The first-order chi connectivity index (χ1) is 13.1. The fourth-order valence-corrected chi connectivity index (χ4v) is 3.65. The van der Waals surface area contributed by atoms with Crippen molar-refractivity contribution in [3.8, 4) is 0 Å². The standard InChI is InChI=1S/C19H20ClN3O4S/c1-11(2)19-22-16-9-12(5-8-17(16)27-19)21-18(24)14-10-13(6-7-15(14)20)28(25,26)23(3)4/h5-11H,1-4H3,(H,21,24). The number of sulfonamides is 1. The maximum atomic E-state index is 12.7. The van der Waals surface area contributed by atoms with Crippen LogP contribution >= 0.6 is 11.6 Å². The van der Waals surface area contributed by atoms with Gasteiger partial charge in [0.2, 0.25) is 10.0 Å². The van der Waals surface area contributed by atoms with E-state index in [0.29, 0.717) is 22.7 Å². The molecule has 1 N–H and O–H groups in total. The Bertz CT molecular complexity index is 1150. The Morgan fingerprint density at radius 3 is 2.54 bits per heavy atom. The predicted octanol–water partition coefficient (Wildman–Crippen LogP) is 4.11. The third-order valence-electron chi connectivity index (χ3n) is 4.12. The molecule has 0 spiro atoms. The quantitative estimate of drug-likeness (QED) is 0.669. The smallest absolute Gasteiger partial charge is 0.257 e. The normalized spacial score (nSPS) is 12.1. The fourth-order valence-electron chi connectivity index (χ4n) is 2.52. The summed E-state index contributed by atoms with van der Waals surface area (Å²) in [4.78, 5) is 17.1. The molecular formula is C19H20ClN3O4S. The Labute approximate surface area is 168 Å². The van der Waals surface area contributed by atoms with Crippen molar-refractivity contribution in [1.29, 1.82) is 0 Å². The van der Waals surface area contributed by atoms with E-state index in [0.717, 1.165) is 4.31 Å². The number of carbonyl (C=O) groups excluding carboxylic acids is 1. The van der Waals surface area contributed by atoms with E-state index in [1.807, 2.05) is 13.8 Å². The minimum Gasteiger partial charge on any atom is -0.440 e. The third kappa shape index (κ3) is 3.89. The number of hydrogen-bond donors (Lipinski definition) is 1. The zero-order valence-corrected chi connectivity index (χ0v) is 17.4. The van der Waals surface area contributed by atoms with Gasteiger partial charge in [-0.25, -0.2) is 17.7 Å². The summed E-state index contributed by atoms with van der Waals surface area (Å²) in [6, 6.07) is 9.11. The topological polar surface area (TPSA) is 92.5 Å². The molecule has 0 fully saturated rings. The first-order valence-corrected chi connectivity index (χ1v) is 10.4. The van der Waals surface area contributed by atoms with E-state index in [1.54, 1.807) is 18.2 Å². The lowest BCUT2D eigenvalue weighted by Crippen LogP contribution is -2.23. The van der Waals surface area contributed by atoms with E-state index in [4.69, 9.17) is 16.0 Å². The second-order valence-corrected chi connectivity index (χ2v) is 9.33. The van der Waals surface area contributed by atoms with Crippen LogP contribution in [0.25, 0.3) is 11.1 Å². The predicted molar refractivity (Wildman–Crippen MR) is 108 cm³/mol. The van der Waals surface area contributed by atoms with Gasteiger partial charge in [-0.2, -0.15) is 0 Å². The van der Waals surface area contributed by atoms with Crippen LogP contribution in [0.15, 0.2) is 45.7 Å². The average Bonchev–Trinajstić information content (AvgIpc) is 3.05. The number of halogens is 1. The highest BCUT2D eigenvalue weighted by molar-refractivity contribution is 7.89. The van der Waals surface area contributed by atoms with E-state index in [-0.39, 0.29) is 21.4 Å². The molecule has 0 aliphatic carbocycles. The monoisotopic (exact) mass is 421 g/mol. The number of hydrogen-bond acceptors (Lipinski definition) is 5.